The van der Waals surface area contributed by atoms with Crippen molar-refractivity contribution < 1.29 is 4.79 Å². The molecule has 1 N–H and O–H groups in total. The van der Waals surface area contributed by atoms with Gasteiger partial charge in [-0.2, -0.15) is 9.97 Å². The highest BCUT2D eigenvalue weighted by Gasteiger charge is 2.24. The minimum atomic E-state index is -0.458. The fourth-order valence-electron chi connectivity index (χ4n) is 2.52. The summed E-state index contributed by atoms with van der Waals surface area (Å²) in [6.45, 7) is 8.11. The third kappa shape index (κ3) is 4.84. The smallest absolute Gasteiger partial charge is 0.261 e. The Morgan fingerprint density at radius 1 is 1.12 bits per heavy atom. The molecule has 0 spiro atoms. The molecule has 2 rings (SSSR count). The maximum Gasteiger partial charge on any atom is 0.261 e. The molecule has 1 aromatic carbocycles. The number of amides is 1. The van der Waals surface area contributed by atoms with Gasteiger partial charge in [-0.1, -0.05) is 45.2 Å². The van der Waals surface area contributed by atoms with Crippen molar-refractivity contribution in [2.75, 3.05) is 10.2 Å². The number of rotatable bonds is 5. The van der Waals surface area contributed by atoms with Crippen LogP contribution in [0, 0.1) is 0 Å². The first-order chi connectivity index (χ1) is 11.7. The van der Waals surface area contributed by atoms with Crippen LogP contribution >= 0.6 is 39.1 Å². The van der Waals surface area contributed by atoms with Crippen molar-refractivity contribution >= 4 is 56.7 Å². The number of aromatic nitrogens is 2. The van der Waals surface area contributed by atoms with Gasteiger partial charge in [0.1, 0.15) is 15.9 Å². The van der Waals surface area contributed by atoms with Gasteiger partial charge in [-0.15, -0.1) is 0 Å². The third-order valence-corrected chi connectivity index (χ3v) is 4.50. The van der Waals surface area contributed by atoms with E-state index in [1.165, 1.54) is 0 Å². The van der Waals surface area contributed by atoms with Crippen LogP contribution in [0.15, 0.2) is 28.7 Å². The molecule has 0 saturated heterocycles. The molecule has 0 aliphatic rings. The van der Waals surface area contributed by atoms with E-state index in [1.807, 2.05) is 44.7 Å². The highest BCUT2D eigenvalue weighted by molar-refractivity contribution is 9.10. The Balaban J connectivity index is 2.35. The van der Waals surface area contributed by atoms with Crippen molar-refractivity contribution in [1.29, 1.82) is 0 Å². The van der Waals surface area contributed by atoms with Crippen LogP contribution in [-0.4, -0.2) is 28.0 Å². The largest absolute Gasteiger partial charge is 0.336 e. The highest BCUT2D eigenvalue weighted by atomic mass is 79.9. The first kappa shape index (κ1) is 19.9. The summed E-state index contributed by atoms with van der Waals surface area (Å²) < 4.78 is 0.846. The van der Waals surface area contributed by atoms with Gasteiger partial charge in [0.05, 0.1) is 0 Å². The molecule has 0 radical (unpaired) electrons. The fraction of sp³-hybridized carbons (Fsp3) is 0.353. The van der Waals surface area contributed by atoms with E-state index in [-0.39, 0.29) is 28.0 Å². The van der Waals surface area contributed by atoms with Crippen molar-refractivity contribution in [3.8, 4) is 0 Å². The summed E-state index contributed by atoms with van der Waals surface area (Å²) in [7, 11) is 0. The lowest BCUT2D eigenvalue weighted by Crippen LogP contribution is -2.38. The molecule has 134 valence electrons. The quantitative estimate of drug-likeness (QED) is 0.624. The Morgan fingerprint density at radius 3 is 2.16 bits per heavy atom. The summed E-state index contributed by atoms with van der Waals surface area (Å²) in [6.07, 6.45) is 0. The summed E-state index contributed by atoms with van der Waals surface area (Å²) in [5, 5.41) is 2.79. The average molecular weight is 446 g/mol. The molecule has 0 atom stereocenters. The SMILES string of the molecule is CC(C)N(c1nc(Cl)c(C(=O)Nc2cccc(Br)c2)c(Cl)n1)C(C)C. The summed E-state index contributed by atoms with van der Waals surface area (Å²) in [6, 6.07) is 7.53. The van der Waals surface area contributed by atoms with E-state index in [9.17, 15) is 4.79 Å². The first-order valence-corrected chi connectivity index (χ1v) is 9.34. The molecular formula is C17H19BrCl2N4O. The molecule has 0 bridgehead atoms. The zero-order valence-corrected chi connectivity index (χ0v) is 17.4. The zero-order chi connectivity index (χ0) is 18.7. The Labute approximate surface area is 165 Å². The highest BCUT2D eigenvalue weighted by Crippen LogP contribution is 2.27. The summed E-state index contributed by atoms with van der Waals surface area (Å²) in [5.74, 6) is -0.0562. The summed E-state index contributed by atoms with van der Waals surface area (Å²) in [5.41, 5.74) is 0.668. The van der Waals surface area contributed by atoms with E-state index in [4.69, 9.17) is 23.2 Å². The standard InChI is InChI=1S/C17H19BrCl2N4O/c1-9(2)24(10(3)4)17-22-14(19)13(15(20)23-17)16(25)21-12-7-5-6-11(18)8-12/h5-10H,1-4H3,(H,21,25). The average Bonchev–Trinajstić information content (AvgIpc) is 2.45. The summed E-state index contributed by atoms with van der Waals surface area (Å²) in [4.78, 5) is 23.1. The number of carbonyl (C=O) groups excluding carboxylic acids is 1. The van der Waals surface area contributed by atoms with E-state index in [2.05, 4.69) is 31.2 Å². The van der Waals surface area contributed by atoms with Crippen LogP contribution in [0.25, 0.3) is 0 Å². The van der Waals surface area contributed by atoms with Crippen LogP contribution in [0.3, 0.4) is 0 Å². The lowest BCUT2D eigenvalue weighted by atomic mass is 10.2. The van der Waals surface area contributed by atoms with Crippen molar-refractivity contribution in [3.05, 3.63) is 44.6 Å². The minimum absolute atomic E-state index is 0.0220. The van der Waals surface area contributed by atoms with Gasteiger partial charge in [0, 0.05) is 22.2 Å². The van der Waals surface area contributed by atoms with Gasteiger partial charge in [0.25, 0.3) is 5.91 Å². The Bertz CT molecular complexity index is 752. The Hall–Kier alpha value is -1.37. The molecule has 1 aromatic heterocycles. The maximum atomic E-state index is 12.5. The molecule has 1 heterocycles. The second-order valence-corrected chi connectivity index (χ2v) is 7.67. The van der Waals surface area contributed by atoms with E-state index < -0.39 is 5.91 Å². The lowest BCUT2D eigenvalue weighted by molar-refractivity contribution is 0.102. The molecule has 8 heteroatoms. The lowest BCUT2D eigenvalue weighted by Gasteiger charge is -2.31. The minimum Gasteiger partial charge on any atom is -0.336 e. The number of halogens is 3. The molecule has 0 aliphatic carbocycles. The number of nitrogens with zero attached hydrogens (tertiary/aromatic N) is 3. The molecular weight excluding hydrogens is 427 g/mol. The monoisotopic (exact) mass is 444 g/mol. The predicted molar refractivity (Wildman–Crippen MR) is 107 cm³/mol. The van der Waals surface area contributed by atoms with Gasteiger partial charge < -0.3 is 10.2 Å². The van der Waals surface area contributed by atoms with E-state index in [1.54, 1.807) is 12.1 Å². The van der Waals surface area contributed by atoms with Crippen molar-refractivity contribution in [2.45, 2.75) is 39.8 Å². The predicted octanol–water partition coefficient (Wildman–Crippen LogP) is 5.42. The van der Waals surface area contributed by atoms with Gasteiger partial charge >= 0.3 is 0 Å². The normalized spacial score (nSPS) is 11.1. The molecule has 25 heavy (non-hydrogen) atoms. The second-order valence-electron chi connectivity index (χ2n) is 6.04. The van der Waals surface area contributed by atoms with Crippen molar-refractivity contribution in [3.63, 3.8) is 0 Å². The van der Waals surface area contributed by atoms with Crippen molar-refractivity contribution in [1.82, 2.24) is 9.97 Å². The number of benzene rings is 1. The van der Waals surface area contributed by atoms with Crippen LogP contribution < -0.4 is 10.2 Å². The summed E-state index contributed by atoms with van der Waals surface area (Å²) >= 11 is 15.9. The Kier molecular flexibility index (Phi) is 6.65. The zero-order valence-electron chi connectivity index (χ0n) is 14.3. The topological polar surface area (TPSA) is 58.1 Å². The van der Waals surface area contributed by atoms with Gasteiger partial charge in [-0.25, -0.2) is 0 Å². The number of hydrogen-bond acceptors (Lipinski definition) is 4. The molecule has 2 aromatic rings. The van der Waals surface area contributed by atoms with Crippen LogP contribution in [0.4, 0.5) is 11.6 Å². The van der Waals surface area contributed by atoms with Crippen LogP contribution in [0.2, 0.25) is 10.3 Å². The van der Waals surface area contributed by atoms with Gasteiger partial charge in [-0.3, -0.25) is 4.79 Å². The van der Waals surface area contributed by atoms with E-state index in [0.717, 1.165) is 4.47 Å². The number of anilines is 2. The van der Waals surface area contributed by atoms with Gasteiger partial charge in [0.2, 0.25) is 5.95 Å². The van der Waals surface area contributed by atoms with Gasteiger partial charge in [0.15, 0.2) is 0 Å². The van der Waals surface area contributed by atoms with Crippen LogP contribution in [-0.2, 0) is 0 Å². The third-order valence-electron chi connectivity index (χ3n) is 3.46. The second kappa shape index (κ2) is 8.34. The van der Waals surface area contributed by atoms with E-state index in [0.29, 0.717) is 11.6 Å². The molecule has 0 saturated carbocycles. The molecule has 0 fully saturated rings. The van der Waals surface area contributed by atoms with E-state index >= 15 is 0 Å². The van der Waals surface area contributed by atoms with Crippen molar-refractivity contribution in [2.24, 2.45) is 0 Å². The van der Waals surface area contributed by atoms with Crippen LogP contribution in [0.5, 0.6) is 0 Å². The number of hydrogen-bond donors (Lipinski definition) is 1. The molecule has 0 aliphatic heterocycles. The number of carbonyl (C=O) groups is 1. The fourth-order valence-corrected chi connectivity index (χ4v) is 3.47. The molecule has 5 nitrogen and oxygen atoms in total. The Morgan fingerprint density at radius 2 is 1.68 bits per heavy atom. The maximum absolute atomic E-state index is 12.5. The van der Waals surface area contributed by atoms with Crippen LogP contribution in [0.1, 0.15) is 38.1 Å². The first-order valence-electron chi connectivity index (χ1n) is 7.79. The molecule has 1 amide bonds. The molecule has 0 unspecified atom stereocenters. The number of nitrogens with one attached hydrogen (secondary N) is 1. The van der Waals surface area contributed by atoms with Gasteiger partial charge in [-0.05, 0) is 45.9 Å².